The third-order valence-corrected chi connectivity index (χ3v) is 13.1. The summed E-state index contributed by atoms with van der Waals surface area (Å²) in [4.78, 5) is 25.8. The van der Waals surface area contributed by atoms with Gasteiger partial charge < -0.3 is 30.9 Å². The number of hydrogen-bond acceptors (Lipinski definition) is 14. The molecule has 0 spiro atoms. The molecule has 5 N–H and O–H groups in total. The number of aromatic hydroxyl groups is 3. The lowest BCUT2D eigenvalue weighted by molar-refractivity contribution is 0.475. The normalized spacial score (nSPS) is 12.4. The Hall–Kier alpha value is -5.96. The van der Waals surface area contributed by atoms with Crippen molar-refractivity contribution >= 4 is 83.8 Å². The fourth-order valence-electron chi connectivity index (χ4n) is 7.48. The minimum absolute atomic E-state index is 0.0478. The Morgan fingerprint density at radius 3 is 2.02 bits per heavy atom. The van der Waals surface area contributed by atoms with Gasteiger partial charge in [0.1, 0.15) is 28.9 Å². The van der Waals surface area contributed by atoms with Crippen molar-refractivity contribution in [2.24, 2.45) is 0 Å². The zero-order valence-electron chi connectivity index (χ0n) is 31.6. The van der Waals surface area contributed by atoms with Gasteiger partial charge in [-0.3, -0.25) is 0 Å². The van der Waals surface area contributed by atoms with Crippen LogP contribution in [0.3, 0.4) is 0 Å². The Bertz CT molecular complexity index is 2770. The Balaban J connectivity index is 1.01. The summed E-state index contributed by atoms with van der Waals surface area (Å²) < 4.78 is 1.76. The molecular formula is C44H40N8O3S3. The number of thioether (sulfide) groups is 1. The third kappa shape index (κ3) is 7.34. The van der Waals surface area contributed by atoms with Crippen LogP contribution < -0.4 is 15.5 Å². The van der Waals surface area contributed by atoms with Crippen molar-refractivity contribution in [3.8, 4) is 50.6 Å². The van der Waals surface area contributed by atoms with Gasteiger partial charge in [0.2, 0.25) is 11.9 Å². The van der Waals surface area contributed by atoms with Gasteiger partial charge in [-0.25, -0.2) is 19.9 Å². The van der Waals surface area contributed by atoms with E-state index < -0.39 is 0 Å². The van der Waals surface area contributed by atoms with E-state index in [9.17, 15) is 15.3 Å². The number of unbranched alkanes of at least 4 members (excludes halogenated alkanes) is 5. The lowest BCUT2D eigenvalue weighted by Crippen LogP contribution is -2.20. The number of anilines is 5. The summed E-state index contributed by atoms with van der Waals surface area (Å²) in [6.07, 6.45) is 8.77. The summed E-state index contributed by atoms with van der Waals surface area (Å²) in [6, 6.07) is 25.2. The standard InChI is InChI=1S/C44H40N8O3S3/c1-2-3-4-5-6-9-20-52-25-58-36-19-15-29(42(55)39(36)52)28-10-7-8-11-32(28)49-43-45-22-46-44(51-43)50-33-16-12-26(27-13-17-34-37(40(27)53)47-23-56-34)21-31(33)30-14-18-35-38(41(30)54)48-24-57-35/h7-8,10-19,21-24,53-55H,2-6,9,20,25H2,1H3,(H2,45,46,49,50,51). The monoisotopic (exact) mass is 824 g/mol. The lowest BCUT2D eigenvalue weighted by Gasteiger charge is -2.21. The number of fused-ring (bicyclic) bond motifs is 3. The van der Waals surface area contributed by atoms with Crippen LogP contribution in [-0.2, 0) is 0 Å². The van der Waals surface area contributed by atoms with Crippen LogP contribution in [0.4, 0.5) is 29.0 Å². The van der Waals surface area contributed by atoms with Crippen molar-refractivity contribution in [3.05, 3.63) is 96.2 Å². The summed E-state index contributed by atoms with van der Waals surface area (Å²) in [5, 5.41) is 41.2. The van der Waals surface area contributed by atoms with Crippen LogP contribution in [0.5, 0.6) is 17.2 Å². The second-order valence-electron chi connectivity index (χ2n) is 14.1. The van der Waals surface area contributed by atoms with E-state index in [4.69, 9.17) is 4.98 Å². The van der Waals surface area contributed by atoms with E-state index in [1.54, 1.807) is 22.8 Å². The molecule has 292 valence electrons. The molecule has 0 radical (unpaired) electrons. The number of thiazole rings is 2. The predicted molar refractivity (Wildman–Crippen MR) is 238 cm³/mol. The molecule has 0 fully saturated rings. The highest BCUT2D eigenvalue weighted by atomic mass is 32.2. The summed E-state index contributed by atoms with van der Waals surface area (Å²) in [6.45, 7) is 3.15. The van der Waals surface area contributed by atoms with Gasteiger partial charge >= 0.3 is 0 Å². The minimum atomic E-state index is 0.0478. The summed E-state index contributed by atoms with van der Waals surface area (Å²) in [5.41, 5.74) is 10.8. The molecule has 0 bridgehead atoms. The second-order valence-corrected chi connectivity index (χ2v) is 16.9. The van der Waals surface area contributed by atoms with E-state index in [0.29, 0.717) is 39.4 Å². The van der Waals surface area contributed by atoms with Gasteiger partial charge in [0, 0.05) is 50.6 Å². The number of benzene rings is 5. The molecule has 3 aromatic heterocycles. The molecule has 5 aromatic carbocycles. The van der Waals surface area contributed by atoms with Crippen LogP contribution in [0, 0.1) is 0 Å². The van der Waals surface area contributed by atoms with Gasteiger partial charge in [0.05, 0.1) is 32.0 Å². The van der Waals surface area contributed by atoms with Gasteiger partial charge in [0.15, 0.2) is 5.75 Å². The number of nitrogens with one attached hydrogen (secondary N) is 2. The zero-order chi connectivity index (χ0) is 39.6. The van der Waals surface area contributed by atoms with E-state index in [-0.39, 0.29) is 23.2 Å². The average molecular weight is 825 g/mol. The average Bonchev–Trinajstić information content (AvgIpc) is 4.02. The van der Waals surface area contributed by atoms with Gasteiger partial charge in [-0.15, -0.1) is 34.4 Å². The minimum Gasteiger partial charge on any atom is -0.505 e. The van der Waals surface area contributed by atoms with E-state index >= 15 is 0 Å². The first-order chi connectivity index (χ1) is 28.5. The smallest absolute Gasteiger partial charge is 0.232 e. The quantitative estimate of drug-likeness (QED) is 0.0663. The van der Waals surface area contributed by atoms with E-state index in [1.165, 1.54) is 61.1 Å². The number of rotatable bonds is 14. The van der Waals surface area contributed by atoms with Crippen LogP contribution in [0.2, 0.25) is 0 Å². The number of phenols is 3. The Morgan fingerprint density at radius 2 is 1.26 bits per heavy atom. The molecule has 11 nitrogen and oxygen atoms in total. The molecular weight excluding hydrogens is 785 g/mol. The van der Waals surface area contributed by atoms with Crippen LogP contribution in [0.15, 0.2) is 101 Å². The van der Waals surface area contributed by atoms with Crippen molar-refractivity contribution in [2.45, 2.75) is 50.3 Å². The Kier molecular flexibility index (Phi) is 10.7. The van der Waals surface area contributed by atoms with Crippen LogP contribution in [0.25, 0.3) is 53.8 Å². The fraction of sp³-hybridized carbons (Fsp3) is 0.205. The van der Waals surface area contributed by atoms with Crippen molar-refractivity contribution in [1.82, 2.24) is 24.9 Å². The number of phenolic OH excluding ortho intramolecular Hbond substituents is 3. The summed E-state index contributed by atoms with van der Waals surface area (Å²) in [7, 11) is 0. The maximum Gasteiger partial charge on any atom is 0.232 e. The molecule has 0 aliphatic carbocycles. The number of aromatic nitrogens is 5. The number of nitrogens with zero attached hydrogens (tertiary/aromatic N) is 6. The highest BCUT2D eigenvalue weighted by molar-refractivity contribution is 7.99. The van der Waals surface area contributed by atoms with Crippen molar-refractivity contribution < 1.29 is 15.3 Å². The van der Waals surface area contributed by atoms with Crippen LogP contribution in [0.1, 0.15) is 45.4 Å². The van der Waals surface area contributed by atoms with E-state index in [2.05, 4.69) is 48.5 Å². The molecule has 0 amide bonds. The fourth-order valence-corrected chi connectivity index (χ4v) is 9.92. The van der Waals surface area contributed by atoms with Gasteiger partial charge in [-0.2, -0.15) is 4.98 Å². The molecule has 0 unspecified atom stereocenters. The third-order valence-electron chi connectivity index (χ3n) is 10.4. The molecule has 1 aliphatic heterocycles. The first-order valence-electron chi connectivity index (χ1n) is 19.3. The maximum atomic E-state index is 11.8. The molecule has 0 saturated heterocycles. The highest BCUT2D eigenvalue weighted by Gasteiger charge is 2.26. The first-order valence-corrected chi connectivity index (χ1v) is 22.0. The maximum absolute atomic E-state index is 11.8. The van der Waals surface area contributed by atoms with Crippen molar-refractivity contribution in [3.63, 3.8) is 0 Å². The van der Waals surface area contributed by atoms with Crippen molar-refractivity contribution in [2.75, 3.05) is 28.0 Å². The van der Waals surface area contributed by atoms with Crippen LogP contribution >= 0.6 is 34.4 Å². The molecule has 8 aromatic rings. The number of hydrogen-bond donors (Lipinski definition) is 5. The SMILES string of the molecule is CCCCCCCCN1CSc2ccc(-c3ccccc3Nc3ncnc(Nc4ccc(-c5ccc6scnc6c5O)cc4-c4ccc5scnc5c4O)n3)c(O)c21. The zero-order valence-corrected chi connectivity index (χ0v) is 34.1. The Labute approximate surface area is 347 Å². The number of para-hydroxylation sites is 1. The van der Waals surface area contributed by atoms with Crippen molar-refractivity contribution in [1.29, 1.82) is 0 Å². The highest BCUT2D eigenvalue weighted by Crippen LogP contribution is 2.50. The molecule has 0 saturated carbocycles. The summed E-state index contributed by atoms with van der Waals surface area (Å²) >= 11 is 4.68. The van der Waals surface area contributed by atoms with E-state index in [0.717, 1.165) is 61.2 Å². The van der Waals surface area contributed by atoms with Gasteiger partial charge in [-0.1, -0.05) is 63.3 Å². The molecule has 14 heteroatoms. The molecule has 1 aliphatic rings. The first kappa shape index (κ1) is 37.6. The summed E-state index contributed by atoms with van der Waals surface area (Å²) in [5.74, 6) is 1.82. The molecule has 58 heavy (non-hydrogen) atoms. The molecule has 4 heterocycles. The predicted octanol–water partition coefficient (Wildman–Crippen LogP) is 11.9. The van der Waals surface area contributed by atoms with Gasteiger partial charge in [0.25, 0.3) is 0 Å². The van der Waals surface area contributed by atoms with Crippen LogP contribution in [-0.4, -0.2) is 52.7 Å². The van der Waals surface area contributed by atoms with E-state index in [1.807, 2.05) is 72.8 Å². The van der Waals surface area contributed by atoms with Gasteiger partial charge in [-0.05, 0) is 66.6 Å². The molecule has 9 rings (SSSR count). The topological polar surface area (TPSA) is 152 Å². The largest absolute Gasteiger partial charge is 0.505 e. The lowest BCUT2D eigenvalue weighted by atomic mass is 9.96. The second kappa shape index (κ2) is 16.5. The Morgan fingerprint density at radius 1 is 0.621 bits per heavy atom. The molecule has 0 atom stereocenters.